The highest BCUT2D eigenvalue weighted by Crippen LogP contribution is 2.29. The Labute approximate surface area is 127 Å². The number of ether oxygens (including phenoxy) is 1. The molecule has 0 fully saturated rings. The Morgan fingerprint density at radius 3 is 2.35 bits per heavy atom. The summed E-state index contributed by atoms with van der Waals surface area (Å²) in [5, 5.41) is 8.88. The van der Waals surface area contributed by atoms with E-state index in [1.54, 1.807) is 0 Å². The molecule has 0 heterocycles. The number of rotatable bonds is 5. The minimum Gasteiger partial charge on any atom is -0.457 e. The van der Waals surface area contributed by atoms with Gasteiger partial charge in [-0.25, -0.2) is 0 Å². The lowest BCUT2D eigenvalue weighted by Crippen LogP contribution is -2.05. The maximum atomic E-state index is 8.88. The van der Waals surface area contributed by atoms with Crippen molar-refractivity contribution in [1.82, 2.24) is 0 Å². The lowest BCUT2D eigenvalue weighted by atomic mass is 10.1. The molecule has 20 heavy (non-hydrogen) atoms. The molecule has 0 spiro atoms. The first-order valence-electron chi connectivity index (χ1n) is 6.53. The van der Waals surface area contributed by atoms with Crippen LogP contribution >= 0.6 is 15.9 Å². The summed E-state index contributed by atoms with van der Waals surface area (Å²) >= 11 is 3.51. The Morgan fingerprint density at radius 2 is 1.80 bits per heavy atom. The second-order valence-corrected chi connectivity index (χ2v) is 5.55. The predicted octanol–water partition coefficient (Wildman–Crippen LogP) is 3.80. The smallest absolute Gasteiger partial charge is 0.128 e. The van der Waals surface area contributed by atoms with Crippen LogP contribution in [0.3, 0.4) is 0 Å². The first-order chi connectivity index (χ1) is 9.60. The van der Waals surface area contributed by atoms with E-state index in [2.05, 4.69) is 15.9 Å². The molecule has 0 aromatic heterocycles. The average Bonchev–Trinajstić information content (AvgIpc) is 2.41. The normalized spacial score (nSPS) is 12.2. The van der Waals surface area contributed by atoms with E-state index in [4.69, 9.17) is 15.6 Å². The summed E-state index contributed by atoms with van der Waals surface area (Å²) < 4.78 is 6.74. The second kappa shape index (κ2) is 6.88. The fourth-order valence-corrected chi connectivity index (χ4v) is 2.65. The van der Waals surface area contributed by atoms with Gasteiger partial charge in [0.25, 0.3) is 0 Å². The molecule has 0 bridgehead atoms. The molecule has 2 rings (SSSR count). The third kappa shape index (κ3) is 3.82. The van der Waals surface area contributed by atoms with E-state index in [-0.39, 0.29) is 12.6 Å². The molecule has 3 N–H and O–H groups in total. The second-order valence-electron chi connectivity index (χ2n) is 4.69. The number of aliphatic hydroxyl groups excluding tert-OH is 1. The monoisotopic (exact) mass is 335 g/mol. The number of benzene rings is 2. The van der Waals surface area contributed by atoms with Crippen LogP contribution in [0.15, 0.2) is 46.9 Å². The number of hydrogen-bond acceptors (Lipinski definition) is 3. The lowest BCUT2D eigenvalue weighted by Gasteiger charge is -2.11. The Hall–Kier alpha value is -1.36. The SMILES string of the molecule is C[C@@H](N)c1ccc(Oc2ccc(CCO)cc2)cc1Br. The molecular weight excluding hydrogens is 318 g/mol. The van der Waals surface area contributed by atoms with E-state index in [1.165, 1.54) is 0 Å². The fraction of sp³-hybridized carbons (Fsp3) is 0.250. The van der Waals surface area contributed by atoms with Gasteiger partial charge in [0.15, 0.2) is 0 Å². The molecule has 3 nitrogen and oxygen atoms in total. The van der Waals surface area contributed by atoms with Crippen LogP contribution in [0.25, 0.3) is 0 Å². The van der Waals surface area contributed by atoms with E-state index in [9.17, 15) is 0 Å². The standard InChI is InChI=1S/C16H18BrNO2/c1-11(18)15-7-6-14(10-16(15)17)20-13-4-2-12(3-5-13)8-9-19/h2-7,10-11,19H,8-9,18H2,1H3/t11-/m1/s1. The number of halogens is 1. The van der Waals surface area contributed by atoms with Crippen molar-refractivity contribution in [3.05, 3.63) is 58.1 Å². The van der Waals surface area contributed by atoms with Gasteiger partial charge in [-0.3, -0.25) is 0 Å². The van der Waals surface area contributed by atoms with Gasteiger partial charge in [-0.1, -0.05) is 34.1 Å². The van der Waals surface area contributed by atoms with Crippen molar-refractivity contribution in [1.29, 1.82) is 0 Å². The van der Waals surface area contributed by atoms with Crippen LogP contribution < -0.4 is 10.5 Å². The Bertz CT molecular complexity index is 567. The molecule has 0 amide bonds. The highest BCUT2D eigenvalue weighted by atomic mass is 79.9. The Morgan fingerprint density at radius 1 is 1.15 bits per heavy atom. The molecule has 0 aliphatic carbocycles. The third-order valence-corrected chi connectivity index (χ3v) is 3.71. The first-order valence-corrected chi connectivity index (χ1v) is 7.32. The lowest BCUT2D eigenvalue weighted by molar-refractivity contribution is 0.299. The van der Waals surface area contributed by atoms with Gasteiger partial charge in [-0.15, -0.1) is 0 Å². The number of aliphatic hydroxyl groups is 1. The largest absolute Gasteiger partial charge is 0.457 e. The summed E-state index contributed by atoms with van der Waals surface area (Å²) in [6.45, 7) is 2.10. The van der Waals surface area contributed by atoms with Crippen LogP contribution in [0, 0.1) is 0 Å². The van der Waals surface area contributed by atoms with Crippen molar-refractivity contribution in [2.75, 3.05) is 6.61 Å². The van der Waals surface area contributed by atoms with E-state index in [0.717, 1.165) is 27.1 Å². The molecule has 106 valence electrons. The molecular formula is C16H18BrNO2. The summed E-state index contributed by atoms with van der Waals surface area (Å²) in [4.78, 5) is 0. The molecule has 0 aliphatic heterocycles. The molecule has 1 atom stereocenters. The molecule has 2 aromatic carbocycles. The average molecular weight is 336 g/mol. The highest BCUT2D eigenvalue weighted by molar-refractivity contribution is 9.10. The quantitative estimate of drug-likeness (QED) is 0.873. The summed E-state index contributed by atoms with van der Waals surface area (Å²) in [7, 11) is 0. The maximum Gasteiger partial charge on any atom is 0.128 e. The molecule has 0 radical (unpaired) electrons. The van der Waals surface area contributed by atoms with Gasteiger partial charge in [0.2, 0.25) is 0 Å². The third-order valence-electron chi connectivity index (χ3n) is 3.02. The molecule has 2 aromatic rings. The van der Waals surface area contributed by atoms with Crippen LogP contribution in [-0.2, 0) is 6.42 Å². The Balaban J connectivity index is 2.11. The zero-order valence-electron chi connectivity index (χ0n) is 11.3. The van der Waals surface area contributed by atoms with Crippen molar-refractivity contribution in [3.8, 4) is 11.5 Å². The van der Waals surface area contributed by atoms with Crippen molar-refractivity contribution >= 4 is 15.9 Å². The molecule has 0 saturated carbocycles. The van der Waals surface area contributed by atoms with Gasteiger partial charge in [0.1, 0.15) is 11.5 Å². The molecule has 0 unspecified atom stereocenters. The van der Waals surface area contributed by atoms with Crippen molar-refractivity contribution in [2.24, 2.45) is 5.73 Å². The number of nitrogens with two attached hydrogens (primary N) is 1. The van der Waals surface area contributed by atoms with E-state index < -0.39 is 0 Å². The molecule has 0 saturated heterocycles. The first kappa shape index (κ1) is 15.0. The minimum absolute atomic E-state index is 0.0174. The zero-order chi connectivity index (χ0) is 14.5. The van der Waals surface area contributed by atoms with Gasteiger partial charge < -0.3 is 15.6 Å². The summed E-state index contributed by atoms with van der Waals surface area (Å²) in [5.41, 5.74) is 8.01. The zero-order valence-corrected chi connectivity index (χ0v) is 12.9. The van der Waals surface area contributed by atoms with Gasteiger partial charge in [0.05, 0.1) is 0 Å². The van der Waals surface area contributed by atoms with Crippen LogP contribution in [0.5, 0.6) is 11.5 Å². The summed E-state index contributed by atoms with van der Waals surface area (Å²) in [6.07, 6.45) is 0.662. The summed E-state index contributed by atoms with van der Waals surface area (Å²) in [5.74, 6) is 1.53. The van der Waals surface area contributed by atoms with Crippen LogP contribution in [0.4, 0.5) is 0 Å². The Kier molecular flexibility index (Phi) is 5.17. The molecule has 4 heteroatoms. The van der Waals surface area contributed by atoms with E-state index in [0.29, 0.717) is 6.42 Å². The number of hydrogen-bond donors (Lipinski definition) is 2. The van der Waals surface area contributed by atoms with Crippen molar-refractivity contribution < 1.29 is 9.84 Å². The van der Waals surface area contributed by atoms with Gasteiger partial charge in [0, 0.05) is 17.1 Å². The van der Waals surface area contributed by atoms with Crippen LogP contribution in [0.1, 0.15) is 24.1 Å². The minimum atomic E-state index is -0.0174. The van der Waals surface area contributed by atoms with E-state index >= 15 is 0 Å². The van der Waals surface area contributed by atoms with Crippen LogP contribution in [-0.4, -0.2) is 11.7 Å². The van der Waals surface area contributed by atoms with Gasteiger partial charge >= 0.3 is 0 Å². The maximum absolute atomic E-state index is 8.88. The van der Waals surface area contributed by atoms with Gasteiger partial charge in [-0.05, 0) is 48.7 Å². The van der Waals surface area contributed by atoms with Crippen LogP contribution in [0.2, 0.25) is 0 Å². The molecule has 0 aliphatic rings. The van der Waals surface area contributed by atoms with E-state index in [1.807, 2.05) is 49.4 Å². The fourth-order valence-electron chi connectivity index (χ4n) is 1.93. The predicted molar refractivity (Wildman–Crippen MR) is 84.1 cm³/mol. The van der Waals surface area contributed by atoms with Gasteiger partial charge in [-0.2, -0.15) is 0 Å². The highest BCUT2D eigenvalue weighted by Gasteiger charge is 2.06. The topological polar surface area (TPSA) is 55.5 Å². The van der Waals surface area contributed by atoms with Crippen molar-refractivity contribution in [2.45, 2.75) is 19.4 Å². The van der Waals surface area contributed by atoms with Crippen molar-refractivity contribution in [3.63, 3.8) is 0 Å². The summed E-state index contributed by atoms with van der Waals surface area (Å²) in [6, 6.07) is 13.5.